The van der Waals surface area contributed by atoms with Crippen LogP contribution >= 0.6 is 45.7 Å². The second-order valence-corrected chi connectivity index (χ2v) is 12.3. The fourth-order valence-corrected chi connectivity index (χ4v) is 5.71. The molecule has 0 aliphatic rings. The smallest absolute Gasteiger partial charge is 0.271 e. The average molecular weight is 797 g/mol. The van der Waals surface area contributed by atoms with E-state index in [4.69, 9.17) is 22.9 Å². The van der Waals surface area contributed by atoms with E-state index < -0.39 is 35.7 Å². The van der Waals surface area contributed by atoms with Gasteiger partial charge in [-0.25, -0.2) is 19.9 Å². The summed E-state index contributed by atoms with van der Waals surface area (Å²) < 4.78 is 9.27. The standard InChI is InChI=1S/C13H16IN7O2S.C13H17N7O2S/c1-3-6(10(15)22)18-7-4-17-9(11(16)23)12(19-7)20-13-8(14)5(2)21-24-13;1-3-7(11(14)21)17-8-5-16-10(12(15)22)13(18-8)19-9-4-6(2)20-23-9/h4,6H,3H2,1-2H3,(H2,15,22)(H2,16,23)(H2,18,19,20);4-5,7H,3H2,1-2H3,(H2,14,21)(H2,15,22)(H2,17,18,19)/t6-;7-/m11/s1. The first-order valence-electron chi connectivity index (χ1n) is 13.8. The highest BCUT2D eigenvalue weighted by Gasteiger charge is 2.20. The van der Waals surface area contributed by atoms with Crippen molar-refractivity contribution in [3.63, 3.8) is 0 Å². The van der Waals surface area contributed by atoms with Crippen LogP contribution in [0.1, 0.15) is 59.1 Å². The summed E-state index contributed by atoms with van der Waals surface area (Å²) >= 11 is 4.60. The van der Waals surface area contributed by atoms with E-state index in [9.17, 15) is 19.2 Å². The third-order valence-electron chi connectivity index (χ3n) is 6.05. The Labute approximate surface area is 290 Å². The van der Waals surface area contributed by atoms with E-state index in [2.05, 4.69) is 72.5 Å². The molecule has 21 heteroatoms. The highest BCUT2D eigenvalue weighted by atomic mass is 127. The molecule has 0 spiro atoms. The van der Waals surface area contributed by atoms with Crippen molar-refractivity contribution in [2.75, 3.05) is 21.3 Å². The van der Waals surface area contributed by atoms with E-state index in [0.29, 0.717) is 29.5 Å². The van der Waals surface area contributed by atoms with E-state index in [-0.39, 0.29) is 23.0 Å². The van der Waals surface area contributed by atoms with Crippen LogP contribution in [0.3, 0.4) is 0 Å². The molecule has 0 bridgehead atoms. The molecule has 0 saturated carbocycles. The number of halogens is 1. The van der Waals surface area contributed by atoms with Crippen LogP contribution < -0.4 is 44.2 Å². The Balaban J connectivity index is 0.000000256. The Bertz CT molecular complexity index is 1760. The maximum atomic E-state index is 11.6. The van der Waals surface area contributed by atoms with Crippen molar-refractivity contribution in [3.8, 4) is 0 Å². The molecule has 4 aromatic rings. The molecule has 0 saturated heterocycles. The molecule has 2 atom stereocenters. The summed E-state index contributed by atoms with van der Waals surface area (Å²) in [6, 6.07) is 0.634. The van der Waals surface area contributed by atoms with Gasteiger partial charge in [-0.05, 0) is 78.4 Å². The Kier molecular flexibility index (Phi) is 13.0. The van der Waals surface area contributed by atoms with Gasteiger partial charge in [0, 0.05) is 0 Å². The van der Waals surface area contributed by atoms with Crippen LogP contribution in [0.5, 0.6) is 0 Å². The first-order valence-corrected chi connectivity index (χ1v) is 16.4. The van der Waals surface area contributed by atoms with Gasteiger partial charge in [-0.3, -0.25) is 19.2 Å². The number of anilines is 6. The van der Waals surface area contributed by atoms with E-state index in [0.717, 1.165) is 20.0 Å². The van der Waals surface area contributed by atoms with Gasteiger partial charge in [-0.15, -0.1) is 0 Å². The summed E-state index contributed by atoms with van der Waals surface area (Å²) in [7, 11) is 0. The Morgan fingerprint density at radius 1 is 0.787 bits per heavy atom. The normalized spacial score (nSPS) is 11.8. The number of carbonyl (C=O) groups excluding carboxylic acids is 4. The lowest BCUT2D eigenvalue weighted by Gasteiger charge is -2.15. The monoisotopic (exact) mass is 796 g/mol. The number of carbonyl (C=O) groups is 4. The summed E-state index contributed by atoms with van der Waals surface area (Å²) in [5.41, 5.74) is 22.9. The zero-order valence-electron chi connectivity index (χ0n) is 25.6. The Morgan fingerprint density at radius 2 is 1.28 bits per heavy atom. The average Bonchev–Trinajstić information content (AvgIpc) is 3.57. The molecule has 250 valence electrons. The molecule has 18 nitrogen and oxygen atoms in total. The Hall–Kier alpha value is -4.77. The van der Waals surface area contributed by atoms with E-state index in [1.807, 2.05) is 27.7 Å². The quantitative estimate of drug-likeness (QED) is 0.0849. The fourth-order valence-electron chi connectivity index (χ4n) is 3.64. The highest BCUT2D eigenvalue weighted by molar-refractivity contribution is 14.1. The molecule has 4 amide bonds. The number of nitrogens with zero attached hydrogens (tertiary/aromatic N) is 6. The van der Waals surface area contributed by atoms with Crippen LogP contribution in [0.25, 0.3) is 0 Å². The first-order chi connectivity index (χ1) is 22.2. The van der Waals surface area contributed by atoms with Crippen LogP contribution in [0.15, 0.2) is 18.5 Å². The van der Waals surface area contributed by atoms with Gasteiger partial charge in [0.2, 0.25) is 11.8 Å². The summed E-state index contributed by atoms with van der Waals surface area (Å²) in [6.07, 6.45) is 3.64. The number of primary amides is 4. The topological polar surface area (TPSA) is 298 Å². The van der Waals surface area contributed by atoms with Crippen LogP contribution in [-0.2, 0) is 9.59 Å². The first kappa shape index (κ1) is 36.7. The van der Waals surface area contributed by atoms with Crippen molar-refractivity contribution in [2.24, 2.45) is 22.9 Å². The third kappa shape index (κ3) is 10.1. The predicted octanol–water partition coefficient (Wildman–Crippen LogP) is 2.12. The highest BCUT2D eigenvalue weighted by Crippen LogP contribution is 2.30. The van der Waals surface area contributed by atoms with E-state index in [1.54, 1.807) is 6.07 Å². The fraction of sp³-hybridized carbons (Fsp3) is 0.308. The maximum Gasteiger partial charge on any atom is 0.271 e. The van der Waals surface area contributed by atoms with Gasteiger partial charge in [0.15, 0.2) is 23.0 Å². The lowest BCUT2D eigenvalue weighted by molar-refractivity contribution is -0.119. The van der Waals surface area contributed by atoms with Gasteiger partial charge in [0.25, 0.3) is 11.8 Å². The van der Waals surface area contributed by atoms with Crippen LogP contribution in [0.2, 0.25) is 0 Å². The van der Waals surface area contributed by atoms with Crippen molar-refractivity contribution < 1.29 is 19.2 Å². The minimum absolute atomic E-state index is 0.00507. The molecule has 47 heavy (non-hydrogen) atoms. The zero-order valence-corrected chi connectivity index (χ0v) is 29.4. The van der Waals surface area contributed by atoms with Crippen LogP contribution in [0, 0.1) is 17.4 Å². The van der Waals surface area contributed by atoms with Crippen molar-refractivity contribution in [1.82, 2.24) is 28.7 Å². The molecule has 0 aliphatic carbocycles. The predicted molar refractivity (Wildman–Crippen MR) is 188 cm³/mol. The van der Waals surface area contributed by atoms with Crippen molar-refractivity contribution in [2.45, 2.75) is 52.6 Å². The van der Waals surface area contributed by atoms with Gasteiger partial charge in [0.05, 0.1) is 27.4 Å². The van der Waals surface area contributed by atoms with Crippen LogP contribution in [-0.4, -0.2) is 64.4 Å². The Morgan fingerprint density at radius 3 is 1.64 bits per heavy atom. The molecule has 12 N–H and O–H groups in total. The number of aryl methyl sites for hydroxylation is 2. The van der Waals surface area contributed by atoms with Gasteiger partial charge in [-0.2, -0.15) is 8.75 Å². The summed E-state index contributed by atoms with van der Waals surface area (Å²) in [4.78, 5) is 62.3. The molecular formula is C26H33IN14O4S2. The number of hydrogen-bond donors (Lipinski definition) is 8. The van der Waals surface area contributed by atoms with Crippen LogP contribution in [0.4, 0.5) is 33.3 Å². The maximum absolute atomic E-state index is 11.6. The number of nitrogens with two attached hydrogens (primary N) is 4. The molecule has 4 heterocycles. The molecular weight excluding hydrogens is 763 g/mol. The SMILES string of the molecule is CC[C@@H](Nc1cnc(C(N)=O)c(Nc2cc(C)ns2)n1)C(N)=O.CC[C@@H](Nc1cnc(C(N)=O)c(Nc2snc(C)c2I)n1)C(N)=O. The molecule has 4 aromatic heterocycles. The van der Waals surface area contributed by atoms with Crippen molar-refractivity contribution >= 4 is 103 Å². The molecule has 4 rings (SSSR count). The lowest BCUT2D eigenvalue weighted by atomic mass is 10.2. The number of hydrogen-bond acceptors (Lipinski definition) is 16. The number of nitrogens with one attached hydrogen (secondary N) is 4. The molecule has 0 aromatic carbocycles. The van der Waals surface area contributed by atoms with Gasteiger partial charge < -0.3 is 44.2 Å². The molecule has 0 fully saturated rings. The van der Waals surface area contributed by atoms with Crippen molar-refractivity contribution in [1.29, 1.82) is 0 Å². The minimum atomic E-state index is -0.713. The lowest BCUT2D eigenvalue weighted by Crippen LogP contribution is -2.35. The number of aromatic nitrogens is 6. The zero-order chi connectivity index (χ0) is 34.8. The van der Waals surface area contributed by atoms with Gasteiger partial charge in [-0.1, -0.05) is 13.8 Å². The second-order valence-electron chi connectivity index (χ2n) is 9.64. The van der Waals surface area contributed by atoms with Crippen molar-refractivity contribution in [3.05, 3.63) is 44.8 Å². The summed E-state index contributed by atoms with van der Waals surface area (Å²) in [6.45, 7) is 7.35. The summed E-state index contributed by atoms with van der Waals surface area (Å²) in [5.74, 6) is -1.43. The third-order valence-corrected chi connectivity index (χ3v) is 9.39. The molecule has 0 unspecified atom stereocenters. The minimum Gasteiger partial charge on any atom is -0.368 e. The number of rotatable bonds is 14. The van der Waals surface area contributed by atoms with Gasteiger partial charge >= 0.3 is 0 Å². The largest absolute Gasteiger partial charge is 0.368 e. The van der Waals surface area contributed by atoms with Gasteiger partial charge in [0.1, 0.15) is 33.7 Å². The van der Waals surface area contributed by atoms with E-state index >= 15 is 0 Å². The van der Waals surface area contributed by atoms with E-state index in [1.165, 1.54) is 35.5 Å². The summed E-state index contributed by atoms with van der Waals surface area (Å²) in [5, 5.41) is 13.2. The molecule has 0 aliphatic heterocycles. The molecule has 0 radical (unpaired) electrons. The second kappa shape index (κ2) is 16.7. The number of amides is 4.